The molecule has 0 rings (SSSR count). The molecule has 0 bridgehead atoms. The summed E-state index contributed by atoms with van der Waals surface area (Å²) in [5.41, 5.74) is 0. The lowest BCUT2D eigenvalue weighted by Gasteiger charge is -1.68. The van der Waals surface area contributed by atoms with Crippen molar-refractivity contribution in [1.82, 2.24) is 0 Å². The van der Waals surface area contributed by atoms with Crippen molar-refractivity contribution >= 4 is 0 Å². The topological polar surface area (TPSA) is 0 Å². The van der Waals surface area contributed by atoms with Crippen LogP contribution in [0.3, 0.4) is 0 Å². The second-order valence-electron chi connectivity index (χ2n) is 1.000. The zero-order chi connectivity index (χ0) is 17.4. The third-order valence-electron chi connectivity index (χ3n) is 0.500. The van der Waals surface area contributed by atoms with Crippen LogP contribution in [-0.4, -0.2) is 0 Å². The Morgan fingerprint density at radius 2 is 0.333 bits per heavy atom. The monoisotopic (exact) mass is 268 g/mol. The van der Waals surface area contributed by atoms with Gasteiger partial charge < -0.3 is 0 Å². The maximum Gasteiger partial charge on any atom is -0.0564 e. The Morgan fingerprint density at radius 3 is 0.333 bits per heavy atom. The van der Waals surface area contributed by atoms with Gasteiger partial charge in [-0.15, -0.1) is 0 Å². The summed E-state index contributed by atoms with van der Waals surface area (Å²) in [4.78, 5) is 0. The minimum Gasteiger partial charge on any atom is -0.0683 e. The van der Waals surface area contributed by atoms with Crippen LogP contribution in [0.1, 0.15) is 124 Å². The van der Waals surface area contributed by atoms with Crippen LogP contribution in [0.2, 0.25) is 0 Å². The van der Waals surface area contributed by atoms with E-state index in [1.807, 2.05) is 96.9 Å². The summed E-state index contributed by atoms with van der Waals surface area (Å²) in [5, 5.41) is 0. The summed E-state index contributed by atoms with van der Waals surface area (Å²) in [7, 11) is 0. The predicted octanol–water partition coefficient (Wildman–Crippen LogP) is 8.99. The van der Waals surface area contributed by atoms with E-state index in [0.29, 0.717) is 0 Å². The second-order valence-corrected chi connectivity index (χ2v) is 1.000. The van der Waals surface area contributed by atoms with E-state index < -0.39 is 0 Å². The normalized spacial score (nSPS) is 4.00. The highest BCUT2D eigenvalue weighted by Gasteiger charge is 1.56. The summed E-state index contributed by atoms with van der Waals surface area (Å²) < 4.78 is 0. The van der Waals surface area contributed by atoms with Crippen LogP contribution in [0.25, 0.3) is 0 Å². The molecule has 0 aliphatic heterocycles. The Bertz CT molecular complexity index is 2.00. The van der Waals surface area contributed by atoms with E-state index >= 15 is 0 Å². The molecule has 0 saturated carbocycles. The first-order chi connectivity index (χ1) is 8.91. The lowest BCUT2D eigenvalue weighted by atomic mass is 10.4. The van der Waals surface area contributed by atoms with Crippen LogP contribution < -0.4 is 0 Å². The molecule has 0 saturated heterocycles. The molecule has 0 nitrogen and oxygen atoms in total. The highest BCUT2D eigenvalue weighted by atomic mass is 13.6. The molecular weight excluding hydrogens is 216 g/mol. The first kappa shape index (κ1) is 52.0. The molecule has 18 heavy (non-hydrogen) atoms. The second kappa shape index (κ2) is 1090. The first-order valence-corrected chi connectivity index (χ1v) is 8.91. The van der Waals surface area contributed by atoms with Crippen molar-refractivity contribution in [1.29, 1.82) is 0 Å². The third-order valence-corrected chi connectivity index (χ3v) is 0.500. The van der Waals surface area contributed by atoms with E-state index in [1.165, 1.54) is 12.8 Å². The molecule has 0 spiro atoms. The summed E-state index contributed by atoms with van der Waals surface area (Å²) in [6.45, 7) is 32.4. The third kappa shape index (κ3) is 3600. The number of rotatable bonds is 1. The van der Waals surface area contributed by atoms with Crippen LogP contribution in [0.4, 0.5) is 0 Å². The maximum atomic E-state index is 2.18. The lowest BCUT2D eigenvalue weighted by Crippen LogP contribution is -1.47. The van der Waals surface area contributed by atoms with Crippen LogP contribution in [-0.2, 0) is 0 Å². The van der Waals surface area contributed by atoms with E-state index in [1.54, 1.807) is 0 Å². The Morgan fingerprint density at radius 1 is 0.278 bits per heavy atom. The summed E-state index contributed by atoms with van der Waals surface area (Å²) in [6.07, 6.45) is 2.64. The fourth-order valence-electron chi connectivity index (χ4n) is 0. The zero-order valence-corrected chi connectivity index (χ0v) is 17.4. The molecule has 0 aromatic rings. The molecule has 0 heteroatoms. The van der Waals surface area contributed by atoms with Crippen molar-refractivity contribution in [3.63, 3.8) is 0 Å². The van der Waals surface area contributed by atoms with E-state index in [-0.39, 0.29) is 0 Å². The van der Waals surface area contributed by atoms with Crippen molar-refractivity contribution in [3.8, 4) is 0 Å². The molecule has 0 aliphatic carbocycles. The SMILES string of the molecule is CC.CC.CC.CC.CC.CC.CC.CCCC. The Balaban J connectivity index is -0.0000000109. The minimum absolute atomic E-state index is 1.32. The molecule has 124 valence electrons. The van der Waals surface area contributed by atoms with Crippen LogP contribution in [0, 0.1) is 0 Å². The van der Waals surface area contributed by atoms with Gasteiger partial charge in [-0.05, 0) is 0 Å². The standard InChI is InChI=1S/C4H10.7C2H6/c1-3-4-2;7*1-2/h3-4H2,1-2H3;7*1-2H3. The Hall–Kier alpha value is 0. The van der Waals surface area contributed by atoms with Crippen molar-refractivity contribution in [2.75, 3.05) is 0 Å². The molecule has 0 N–H and O–H groups in total. The van der Waals surface area contributed by atoms with E-state index in [2.05, 4.69) is 13.8 Å². The molecule has 0 heterocycles. The van der Waals surface area contributed by atoms with Gasteiger partial charge in [0.25, 0.3) is 0 Å². The largest absolute Gasteiger partial charge is 0.0683 e. The minimum atomic E-state index is 1.32. The predicted molar refractivity (Wildman–Crippen MR) is 100 cm³/mol. The fourth-order valence-corrected chi connectivity index (χ4v) is 0. The van der Waals surface area contributed by atoms with Crippen molar-refractivity contribution in [3.05, 3.63) is 0 Å². The molecule has 0 aromatic heterocycles. The first-order valence-electron chi connectivity index (χ1n) is 8.91. The van der Waals surface area contributed by atoms with Crippen molar-refractivity contribution < 1.29 is 0 Å². The van der Waals surface area contributed by atoms with Gasteiger partial charge in [0.1, 0.15) is 0 Å². The molecular formula is C18H52. The molecule has 0 atom stereocenters. The fraction of sp³-hybridized carbons (Fsp3) is 1.00. The number of hydrogen-bond acceptors (Lipinski definition) is 0. The van der Waals surface area contributed by atoms with E-state index in [9.17, 15) is 0 Å². The summed E-state index contributed by atoms with van der Waals surface area (Å²) in [5.74, 6) is 0. The highest BCUT2D eigenvalue weighted by molar-refractivity contribution is 4.12. The van der Waals surface area contributed by atoms with Gasteiger partial charge in [-0.3, -0.25) is 0 Å². The van der Waals surface area contributed by atoms with Crippen LogP contribution >= 0.6 is 0 Å². The van der Waals surface area contributed by atoms with Crippen molar-refractivity contribution in [2.45, 2.75) is 124 Å². The van der Waals surface area contributed by atoms with E-state index in [0.717, 1.165) is 0 Å². The van der Waals surface area contributed by atoms with Gasteiger partial charge in [0.15, 0.2) is 0 Å². The van der Waals surface area contributed by atoms with Gasteiger partial charge in [-0.2, -0.15) is 0 Å². The van der Waals surface area contributed by atoms with Crippen LogP contribution in [0.5, 0.6) is 0 Å². The van der Waals surface area contributed by atoms with Crippen LogP contribution in [0.15, 0.2) is 0 Å². The van der Waals surface area contributed by atoms with Gasteiger partial charge in [0.2, 0.25) is 0 Å². The summed E-state index contributed by atoms with van der Waals surface area (Å²) in [6, 6.07) is 0. The van der Waals surface area contributed by atoms with E-state index in [4.69, 9.17) is 0 Å². The molecule has 0 radical (unpaired) electrons. The molecule has 0 aromatic carbocycles. The highest BCUT2D eigenvalue weighted by Crippen LogP contribution is 1.76. The maximum absolute atomic E-state index is 2.18. The molecule has 0 amide bonds. The Labute approximate surface area is 124 Å². The average molecular weight is 269 g/mol. The van der Waals surface area contributed by atoms with Gasteiger partial charge >= 0.3 is 0 Å². The van der Waals surface area contributed by atoms with Crippen molar-refractivity contribution in [2.24, 2.45) is 0 Å². The number of unbranched alkanes of at least 4 members (excludes halogenated alkanes) is 1. The number of hydrogen-bond donors (Lipinski definition) is 0. The Kier molecular flexibility index (Phi) is 3140. The van der Waals surface area contributed by atoms with Gasteiger partial charge in [-0.25, -0.2) is 0 Å². The van der Waals surface area contributed by atoms with Gasteiger partial charge in [0.05, 0.1) is 0 Å². The molecule has 0 aliphatic rings. The summed E-state index contributed by atoms with van der Waals surface area (Å²) >= 11 is 0. The average Bonchev–Trinajstić information content (AvgIpc) is 2.60. The molecule has 0 unspecified atom stereocenters. The zero-order valence-electron chi connectivity index (χ0n) is 17.4. The van der Waals surface area contributed by atoms with Gasteiger partial charge in [0, 0.05) is 0 Å². The smallest absolute Gasteiger partial charge is 0.0564 e. The molecule has 0 fully saturated rings. The van der Waals surface area contributed by atoms with Gasteiger partial charge in [-0.1, -0.05) is 124 Å². The lowest BCUT2D eigenvalue weighted by molar-refractivity contribution is 0.886. The quantitative estimate of drug-likeness (QED) is 0.445.